The predicted octanol–water partition coefficient (Wildman–Crippen LogP) is 2.97. The molecular formula is C16H26N2O2. The number of aryl methyl sites for hydroxylation is 1. The van der Waals surface area contributed by atoms with Gasteiger partial charge >= 0.3 is 0 Å². The number of ether oxygens (including phenoxy) is 2. The Hall–Kier alpha value is -1.13. The quantitative estimate of drug-likeness (QED) is 0.841. The van der Waals surface area contributed by atoms with E-state index in [1.165, 1.54) is 25.7 Å². The van der Waals surface area contributed by atoms with Crippen LogP contribution in [0, 0.1) is 6.92 Å². The zero-order valence-corrected chi connectivity index (χ0v) is 12.7. The first-order valence-corrected chi connectivity index (χ1v) is 7.53. The average molecular weight is 278 g/mol. The minimum Gasteiger partial charge on any atom is -0.497 e. The van der Waals surface area contributed by atoms with E-state index in [2.05, 4.69) is 4.98 Å². The standard InChI is InChI=1S/C16H26N2O2/c1-13-9-15(19-2)10-14(18-13)11-20-16(12-17)7-5-3-4-6-8-16/h9-10H,3-8,11-12,17H2,1-2H3. The molecular weight excluding hydrogens is 252 g/mol. The van der Waals surface area contributed by atoms with Crippen LogP contribution in [-0.4, -0.2) is 24.2 Å². The van der Waals surface area contributed by atoms with Crippen LogP contribution in [0.25, 0.3) is 0 Å². The number of hydrogen-bond acceptors (Lipinski definition) is 4. The summed E-state index contributed by atoms with van der Waals surface area (Å²) in [6.45, 7) is 3.07. The van der Waals surface area contributed by atoms with Gasteiger partial charge in [-0.3, -0.25) is 4.98 Å². The highest BCUT2D eigenvalue weighted by molar-refractivity contribution is 5.26. The number of pyridine rings is 1. The Kier molecular flexibility index (Phi) is 5.38. The van der Waals surface area contributed by atoms with Crippen LogP contribution in [0.5, 0.6) is 5.75 Å². The molecule has 2 rings (SSSR count). The summed E-state index contributed by atoms with van der Waals surface area (Å²) >= 11 is 0. The van der Waals surface area contributed by atoms with Gasteiger partial charge in [-0.2, -0.15) is 0 Å². The topological polar surface area (TPSA) is 57.4 Å². The second-order valence-electron chi connectivity index (χ2n) is 5.73. The van der Waals surface area contributed by atoms with Crippen molar-refractivity contribution >= 4 is 0 Å². The highest BCUT2D eigenvalue weighted by atomic mass is 16.5. The fraction of sp³-hybridized carbons (Fsp3) is 0.688. The Morgan fingerprint density at radius 3 is 2.50 bits per heavy atom. The van der Waals surface area contributed by atoms with Gasteiger partial charge in [0.1, 0.15) is 5.75 Å². The zero-order chi connectivity index (χ0) is 14.4. The molecule has 1 aliphatic carbocycles. The zero-order valence-electron chi connectivity index (χ0n) is 12.7. The Morgan fingerprint density at radius 1 is 1.20 bits per heavy atom. The molecule has 0 saturated heterocycles. The molecule has 0 amide bonds. The van der Waals surface area contributed by atoms with E-state index in [4.69, 9.17) is 15.2 Å². The summed E-state index contributed by atoms with van der Waals surface area (Å²) in [7, 11) is 1.67. The van der Waals surface area contributed by atoms with Crippen molar-refractivity contribution in [1.29, 1.82) is 0 Å². The fourth-order valence-electron chi connectivity index (χ4n) is 2.90. The van der Waals surface area contributed by atoms with Crippen LogP contribution in [0.1, 0.15) is 49.9 Å². The first-order chi connectivity index (χ1) is 9.67. The third-order valence-electron chi connectivity index (χ3n) is 4.13. The second-order valence-corrected chi connectivity index (χ2v) is 5.73. The van der Waals surface area contributed by atoms with E-state index in [9.17, 15) is 0 Å². The lowest BCUT2D eigenvalue weighted by Crippen LogP contribution is -2.40. The first-order valence-electron chi connectivity index (χ1n) is 7.53. The van der Waals surface area contributed by atoms with E-state index < -0.39 is 0 Å². The number of nitrogens with zero attached hydrogens (tertiary/aromatic N) is 1. The average Bonchev–Trinajstić information content (AvgIpc) is 2.71. The highest BCUT2D eigenvalue weighted by Crippen LogP contribution is 2.30. The Morgan fingerprint density at radius 2 is 1.90 bits per heavy atom. The molecule has 0 atom stereocenters. The van der Waals surface area contributed by atoms with Gasteiger partial charge in [-0.1, -0.05) is 25.7 Å². The fourth-order valence-corrected chi connectivity index (χ4v) is 2.90. The van der Waals surface area contributed by atoms with E-state index in [-0.39, 0.29) is 5.60 Å². The van der Waals surface area contributed by atoms with E-state index in [0.29, 0.717) is 13.2 Å². The van der Waals surface area contributed by atoms with Gasteiger partial charge in [-0.15, -0.1) is 0 Å². The molecule has 1 aliphatic rings. The summed E-state index contributed by atoms with van der Waals surface area (Å²) in [5, 5.41) is 0. The molecule has 0 aromatic carbocycles. The molecule has 4 nitrogen and oxygen atoms in total. The minimum atomic E-state index is -0.158. The van der Waals surface area contributed by atoms with Gasteiger partial charge in [-0.25, -0.2) is 0 Å². The summed E-state index contributed by atoms with van der Waals surface area (Å²) in [4.78, 5) is 4.51. The maximum atomic E-state index is 6.20. The summed E-state index contributed by atoms with van der Waals surface area (Å²) in [5.74, 6) is 0.832. The van der Waals surface area contributed by atoms with Crippen molar-refractivity contribution in [2.45, 2.75) is 57.7 Å². The maximum absolute atomic E-state index is 6.20. The molecule has 20 heavy (non-hydrogen) atoms. The van der Waals surface area contributed by atoms with Crippen molar-refractivity contribution in [3.63, 3.8) is 0 Å². The van der Waals surface area contributed by atoms with E-state index in [1.54, 1.807) is 7.11 Å². The molecule has 0 radical (unpaired) electrons. The van der Waals surface area contributed by atoms with Gasteiger partial charge in [0.15, 0.2) is 0 Å². The molecule has 0 unspecified atom stereocenters. The Labute approximate surface area is 121 Å². The van der Waals surface area contributed by atoms with E-state index >= 15 is 0 Å². The minimum absolute atomic E-state index is 0.158. The predicted molar refractivity (Wildman–Crippen MR) is 79.8 cm³/mol. The summed E-state index contributed by atoms with van der Waals surface area (Å²) in [6.07, 6.45) is 7.13. The Balaban J connectivity index is 2.03. The molecule has 1 aromatic rings. The molecule has 1 heterocycles. The number of rotatable bonds is 5. The van der Waals surface area contributed by atoms with Crippen molar-refractivity contribution < 1.29 is 9.47 Å². The molecule has 0 spiro atoms. The molecule has 0 aliphatic heterocycles. The van der Waals surface area contributed by atoms with Crippen LogP contribution in [-0.2, 0) is 11.3 Å². The van der Waals surface area contributed by atoms with Crippen LogP contribution < -0.4 is 10.5 Å². The van der Waals surface area contributed by atoms with Crippen LogP contribution in [0.15, 0.2) is 12.1 Å². The van der Waals surface area contributed by atoms with Gasteiger partial charge in [0, 0.05) is 24.4 Å². The van der Waals surface area contributed by atoms with Crippen molar-refractivity contribution in [2.75, 3.05) is 13.7 Å². The summed E-state index contributed by atoms with van der Waals surface area (Å²) in [5.41, 5.74) is 7.70. The first kappa shape index (κ1) is 15.3. The van der Waals surface area contributed by atoms with Gasteiger partial charge in [-0.05, 0) is 19.8 Å². The van der Waals surface area contributed by atoms with Crippen molar-refractivity contribution in [2.24, 2.45) is 5.73 Å². The van der Waals surface area contributed by atoms with Gasteiger partial charge in [0.25, 0.3) is 0 Å². The largest absolute Gasteiger partial charge is 0.497 e. The van der Waals surface area contributed by atoms with Crippen molar-refractivity contribution in [3.05, 3.63) is 23.5 Å². The number of hydrogen-bond donors (Lipinski definition) is 1. The summed E-state index contributed by atoms with van der Waals surface area (Å²) in [6, 6.07) is 3.86. The van der Waals surface area contributed by atoms with Crippen molar-refractivity contribution in [1.82, 2.24) is 4.98 Å². The smallest absolute Gasteiger partial charge is 0.122 e. The molecule has 2 N–H and O–H groups in total. The van der Waals surface area contributed by atoms with Crippen LogP contribution in [0.2, 0.25) is 0 Å². The van der Waals surface area contributed by atoms with Gasteiger partial charge in [0.2, 0.25) is 0 Å². The third kappa shape index (κ3) is 3.93. The molecule has 112 valence electrons. The number of aromatic nitrogens is 1. The SMILES string of the molecule is COc1cc(C)nc(COC2(CN)CCCCCC2)c1. The maximum Gasteiger partial charge on any atom is 0.122 e. The molecule has 0 bridgehead atoms. The normalized spacial score (nSPS) is 18.6. The molecule has 4 heteroatoms. The molecule has 1 aromatic heterocycles. The molecule has 1 fully saturated rings. The van der Waals surface area contributed by atoms with E-state index in [0.717, 1.165) is 30.0 Å². The monoisotopic (exact) mass is 278 g/mol. The van der Waals surface area contributed by atoms with Crippen molar-refractivity contribution in [3.8, 4) is 5.75 Å². The second kappa shape index (κ2) is 7.04. The number of nitrogens with two attached hydrogens (primary N) is 1. The van der Waals surface area contributed by atoms with Crippen LogP contribution >= 0.6 is 0 Å². The van der Waals surface area contributed by atoms with Gasteiger partial charge in [0.05, 0.1) is 25.0 Å². The highest BCUT2D eigenvalue weighted by Gasteiger charge is 2.30. The summed E-state index contributed by atoms with van der Waals surface area (Å²) < 4.78 is 11.5. The lowest BCUT2D eigenvalue weighted by atomic mass is 9.94. The van der Waals surface area contributed by atoms with Gasteiger partial charge < -0.3 is 15.2 Å². The number of methoxy groups -OCH3 is 1. The molecule has 1 saturated carbocycles. The van der Waals surface area contributed by atoms with Crippen LogP contribution in [0.3, 0.4) is 0 Å². The lowest BCUT2D eigenvalue weighted by Gasteiger charge is -2.31. The van der Waals surface area contributed by atoms with Crippen LogP contribution in [0.4, 0.5) is 0 Å². The van der Waals surface area contributed by atoms with E-state index in [1.807, 2.05) is 19.1 Å². The lowest BCUT2D eigenvalue weighted by molar-refractivity contribution is -0.0614. The third-order valence-corrected chi connectivity index (χ3v) is 4.13. The Bertz CT molecular complexity index is 426.